The third-order valence-electron chi connectivity index (χ3n) is 4.45. The van der Waals surface area contributed by atoms with Gasteiger partial charge in [-0.2, -0.15) is 0 Å². The molecule has 1 heterocycles. The topological polar surface area (TPSA) is 29.3 Å². The lowest BCUT2D eigenvalue weighted by molar-refractivity contribution is 0.251. The Morgan fingerprint density at radius 1 is 1.10 bits per heavy atom. The zero-order valence-corrected chi connectivity index (χ0v) is 13.2. The Balaban J connectivity index is 0.00000161. The van der Waals surface area contributed by atoms with Gasteiger partial charge >= 0.3 is 0 Å². The normalized spacial score (nSPS) is 22.0. The summed E-state index contributed by atoms with van der Waals surface area (Å²) < 4.78 is 0. The van der Waals surface area contributed by atoms with E-state index in [1.165, 1.54) is 17.5 Å². The Morgan fingerprint density at radius 3 is 2.57 bits per heavy atom. The Bertz CT molecular complexity index is 570. The molecule has 2 aromatic carbocycles. The van der Waals surface area contributed by atoms with Crippen molar-refractivity contribution in [1.29, 1.82) is 0 Å². The number of halogens is 1. The van der Waals surface area contributed by atoms with E-state index in [9.17, 15) is 0 Å². The fourth-order valence-electron chi connectivity index (χ4n) is 3.30. The van der Waals surface area contributed by atoms with E-state index in [1.54, 1.807) is 0 Å². The largest absolute Gasteiger partial charge is 0.399 e. The Kier molecular flexibility index (Phi) is 5.27. The molecule has 1 aliphatic heterocycles. The van der Waals surface area contributed by atoms with Crippen LogP contribution in [0.3, 0.4) is 0 Å². The van der Waals surface area contributed by atoms with Crippen molar-refractivity contribution in [1.82, 2.24) is 4.90 Å². The van der Waals surface area contributed by atoms with Crippen LogP contribution in [-0.2, 0) is 6.54 Å². The summed E-state index contributed by atoms with van der Waals surface area (Å²) in [4.78, 5) is 2.56. The van der Waals surface area contributed by atoms with Crippen molar-refractivity contribution in [3.8, 4) is 0 Å². The minimum atomic E-state index is 0. The summed E-state index contributed by atoms with van der Waals surface area (Å²) >= 11 is 0. The highest BCUT2D eigenvalue weighted by Crippen LogP contribution is 2.34. The highest BCUT2D eigenvalue weighted by molar-refractivity contribution is 5.85. The number of hydrogen-bond donors (Lipinski definition) is 1. The fourth-order valence-corrected chi connectivity index (χ4v) is 3.30. The number of nitrogen functional groups attached to an aromatic ring is 1. The van der Waals surface area contributed by atoms with Crippen LogP contribution in [0.2, 0.25) is 0 Å². The zero-order chi connectivity index (χ0) is 13.9. The smallest absolute Gasteiger partial charge is 0.0317 e. The van der Waals surface area contributed by atoms with Crippen LogP contribution < -0.4 is 5.73 Å². The number of nitrogens with zero attached hydrogens (tertiary/aromatic N) is 1. The molecule has 3 rings (SSSR count). The van der Waals surface area contributed by atoms with E-state index in [1.807, 2.05) is 12.1 Å². The fraction of sp³-hybridized carbons (Fsp3) is 0.333. The van der Waals surface area contributed by atoms with E-state index in [0.717, 1.165) is 18.8 Å². The van der Waals surface area contributed by atoms with Crippen molar-refractivity contribution in [3.63, 3.8) is 0 Å². The second-order valence-corrected chi connectivity index (χ2v) is 5.76. The predicted octanol–water partition coefficient (Wildman–Crippen LogP) is 4.07. The first-order valence-electron chi connectivity index (χ1n) is 7.37. The molecule has 0 aliphatic carbocycles. The van der Waals surface area contributed by atoms with Crippen molar-refractivity contribution in [2.75, 3.05) is 12.3 Å². The summed E-state index contributed by atoms with van der Waals surface area (Å²) in [5.74, 6) is 0.650. The van der Waals surface area contributed by atoms with Gasteiger partial charge in [-0.25, -0.2) is 0 Å². The number of benzene rings is 2. The maximum absolute atomic E-state index is 5.87. The first-order valence-corrected chi connectivity index (χ1v) is 7.37. The molecule has 3 heteroatoms. The lowest BCUT2D eigenvalue weighted by Gasteiger charge is -2.25. The summed E-state index contributed by atoms with van der Waals surface area (Å²) in [6.45, 7) is 4.50. The highest BCUT2D eigenvalue weighted by Gasteiger charge is 2.31. The monoisotopic (exact) mass is 302 g/mol. The number of likely N-dealkylation sites (tertiary alicyclic amines) is 1. The quantitative estimate of drug-likeness (QED) is 0.866. The van der Waals surface area contributed by atoms with Crippen molar-refractivity contribution >= 4 is 18.1 Å². The van der Waals surface area contributed by atoms with Crippen LogP contribution in [0, 0.1) is 0 Å². The van der Waals surface area contributed by atoms with E-state index in [4.69, 9.17) is 5.73 Å². The summed E-state index contributed by atoms with van der Waals surface area (Å²) in [5.41, 5.74) is 9.50. The van der Waals surface area contributed by atoms with Crippen LogP contribution in [-0.4, -0.2) is 17.5 Å². The minimum absolute atomic E-state index is 0. The molecule has 2 N–H and O–H groups in total. The standard InChI is InChI=1S/C18H22N2.ClH/c1-14-18(16-7-3-2-4-8-16)10-11-20(14)13-15-6-5-9-17(19)12-15;/h2-9,12,14,18H,10-11,13,19H2,1H3;1H. The molecular formula is C18H23ClN2. The summed E-state index contributed by atoms with van der Waals surface area (Å²) in [7, 11) is 0. The maximum Gasteiger partial charge on any atom is 0.0317 e. The molecule has 112 valence electrons. The molecule has 2 aromatic rings. The van der Waals surface area contributed by atoms with Gasteiger partial charge in [0.2, 0.25) is 0 Å². The first kappa shape index (κ1) is 15.9. The number of anilines is 1. The predicted molar refractivity (Wildman–Crippen MR) is 91.8 cm³/mol. The molecule has 1 fully saturated rings. The molecule has 1 aliphatic rings. The lowest BCUT2D eigenvalue weighted by atomic mass is 9.93. The van der Waals surface area contributed by atoms with Gasteiger partial charge in [-0.1, -0.05) is 42.5 Å². The summed E-state index contributed by atoms with van der Waals surface area (Å²) in [6, 6.07) is 19.7. The maximum atomic E-state index is 5.87. The van der Waals surface area contributed by atoms with Gasteiger partial charge in [0.15, 0.2) is 0 Å². The van der Waals surface area contributed by atoms with E-state index in [2.05, 4.69) is 54.3 Å². The Hall–Kier alpha value is -1.51. The average Bonchev–Trinajstić information content (AvgIpc) is 2.81. The van der Waals surface area contributed by atoms with E-state index < -0.39 is 0 Å². The molecule has 0 bridgehead atoms. The summed E-state index contributed by atoms with van der Waals surface area (Å²) in [6.07, 6.45) is 1.24. The van der Waals surface area contributed by atoms with E-state index in [-0.39, 0.29) is 12.4 Å². The van der Waals surface area contributed by atoms with E-state index in [0.29, 0.717) is 12.0 Å². The van der Waals surface area contributed by atoms with Crippen LogP contribution in [0.1, 0.15) is 30.4 Å². The molecule has 2 atom stereocenters. The molecule has 1 saturated heterocycles. The van der Waals surface area contributed by atoms with Gasteiger partial charge in [-0.15, -0.1) is 12.4 Å². The van der Waals surface area contributed by atoms with E-state index >= 15 is 0 Å². The van der Waals surface area contributed by atoms with Crippen molar-refractivity contribution in [3.05, 3.63) is 65.7 Å². The van der Waals surface area contributed by atoms with Gasteiger partial charge in [-0.05, 0) is 43.1 Å². The van der Waals surface area contributed by atoms with Gasteiger partial charge in [-0.3, -0.25) is 4.90 Å². The third kappa shape index (κ3) is 3.58. The van der Waals surface area contributed by atoms with Crippen molar-refractivity contribution in [2.45, 2.75) is 31.8 Å². The minimum Gasteiger partial charge on any atom is -0.399 e. The van der Waals surface area contributed by atoms with Gasteiger partial charge in [0, 0.05) is 24.2 Å². The first-order chi connectivity index (χ1) is 9.74. The molecule has 2 unspecified atom stereocenters. The SMILES string of the molecule is CC1C(c2ccccc2)CCN1Cc1cccc(N)c1.Cl. The van der Waals surface area contributed by atoms with Crippen LogP contribution in [0.4, 0.5) is 5.69 Å². The molecule has 0 aromatic heterocycles. The molecule has 0 amide bonds. The van der Waals surface area contributed by atoms with Crippen LogP contribution in [0.25, 0.3) is 0 Å². The van der Waals surface area contributed by atoms with Gasteiger partial charge in [0.05, 0.1) is 0 Å². The van der Waals surface area contributed by atoms with Gasteiger partial charge in [0.1, 0.15) is 0 Å². The summed E-state index contributed by atoms with van der Waals surface area (Å²) in [5, 5.41) is 0. The number of rotatable bonds is 3. The van der Waals surface area contributed by atoms with Crippen LogP contribution in [0.15, 0.2) is 54.6 Å². The van der Waals surface area contributed by atoms with Gasteiger partial charge < -0.3 is 5.73 Å². The average molecular weight is 303 g/mol. The molecular weight excluding hydrogens is 280 g/mol. The molecule has 0 spiro atoms. The highest BCUT2D eigenvalue weighted by atomic mass is 35.5. The van der Waals surface area contributed by atoms with Gasteiger partial charge in [0.25, 0.3) is 0 Å². The van der Waals surface area contributed by atoms with Crippen LogP contribution in [0.5, 0.6) is 0 Å². The van der Waals surface area contributed by atoms with Crippen molar-refractivity contribution < 1.29 is 0 Å². The molecule has 0 radical (unpaired) electrons. The Labute approximate surface area is 133 Å². The second kappa shape index (κ2) is 6.97. The zero-order valence-electron chi connectivity index (χ0n) is 12.4. The lowest BCUT2D eigenvalue weighted by Crippen LogP contribution is -2.28. The molecule has 21 heavy (non-hydrogen) atoms. The number of hydrogen-bond acceptors (Lipinski definition) is 2. The third-order valence-corrected chi connectivity index (χ3v) is 4.45. The Morgan fingerprint density at radius 2 is 1.86 bits per heavy atom. The van der Waals surface area contributed by atoms with Crippen LogP contribution >= 0.6 is 12.4 Å². The second-order valence-electron chi connectivity index (χ2n) is 5.76. The van der Waals surface area contributed by atoms with Crippen molar-refractivity contribution in [2.24, 2.45) is 0 Å². The number of nitrogens with two attached hydrogens (primary N) is 1. The molecule has 2 nitrogen and oxygen atoms in total. The molecule has 0 saturated carbocycles.